The maximum absolute atomic E-state index is 12.5. The number of esters is 1. The fourth-order valence-corrected chi connectivity index (χ4v) is 3.40. The van der Waals surface area contributed by atoms with Crippen molar-refractivity contribution in [1.29, 1.82) is 0 Å². The summed E-state index contributed by atoms with van der Waals surface area (Å²) >= 11 is 1.25. The minimum atomic E-state index is -0.631. The van der Waals surface area contributed by atoms with Gasteiger partial charge in [0.1, 0.15) is 4.88 Å². The van der Waals surface area contributed by atoms with Gasteiger partial charge in [0, 0.05) is 17.2 Å². The van der Waals surface area contributed by atoms with E-state index in [9.17, 15) is 14.4 Å². The Bertz CT molecular complexity index is 1290. The van der Waals surface area contributed by atoms with Crippen LogP contribution in [0.3, 0.4) is 0 Å². The smallest absolute Gasteiger partial charge is 0.348 e. The Morgan fingerprint density at radius 1 is 1.26 bits per heavy atom. The first-order chi connectivity index (χ1) is 14.6. The number of H-pyrrole nitrogens is 1. The predicted molar refractivity (Wildman–Crippen MR) is 119 cm³/mol. The van der Waals surface area contributed by atoms with E-state index in [4.69, 9.17) is 4.74 Å². The Morgan fingerprint density at radius 3 is 2.68 bits per heavy atom. The van der Waals surface area contributed by atoms with Crippen LogP contribution in [0.4, 0.5) is 5.95 Å². The molecule has 0 unspecified atom stereocenters. The molecule has 0 saturated heterocycles. The number of nitrogens with zero attached hydrogens (tertiary/aromatic N) is 2. The monoisotopic (exact) mass is 438 g/mol. The summed E-state index contributed by atoms with van der Waals surface area (Å²) in [6, 6.07) is 3.33. The zero-order valence-electron chi connectivity index (χ0n) is 17.9. The lowest BCUT2D eigenvalue weighted by Crippen LogP contribution is -2.29. The van der Waals surface area contributed by atoms with Crippen LogP contribution in [-0.4, -0.2) is 33.4 Å². The summed E-state index contributed by atoms with van der Waals surface area (Å²) in [7, 11) is 0. The highest BCUT2D eigenvalue weighted by Gasteiger charge is 2.22. The summed E-state index contributed by atoms with van der Waals surface area (Å²) in [6.45, 7) is 9.21. The van der Waals surface area contributed by atoms with Gasteiger partial charge in [0.15, 0.2) is 5.65 Å². The number of pyridine rings is 1. The van der Waals surface area contributed by atoms with E-state index in [0.29, 0.717) is 17.0 Å². The van der Waals surface area contributed by atoms with Gasteiger partial charge >= 0.3 is 5.97 Å². The molecule has 0 aliphatic rings. The fourth-order valence-electron chi connectivity index (χ4n) is 2.48. The molecule has 2 N–H and O–H groups in total. The van der Waals surface area contributed by atoms with Crippen LogP contribution < -0.4 is 10.9 Å². The van der Waals surface area contributed by atoms with E-state index in [1.165, 1.54) is 17.5 Å². The third-order valence-corrected chi connectivity index (χ3v) is 5.32. The summed E-state index contributed by atoms with van der Waals surface area (Å²) in [5.74, 6) is 5.38. The van der Waals surface area contributed by atoms with E-state index in [-0.39, 0.29) is 28.9 Å². The van der Waals surface area contributed by atoms with E-state index in [0.717, 1.165) is 10.4 Å². The first kappa shape index (κ1) is 22.2. The van der Waals surface area contributed by atoms with Crippen molar-refractivity contribution < 1.29 is 14.3 Å². The van der Waals surface area contributed by atoms with Crippen LogP contribution in [0.5, 0.6) is 0 Å². The van der Waals surface area contributed by atoms with Crippen molar-refractivity contribution >= 4 is 40.2 Å². The molecule has 0 spiro atoms. The summed E-state index contributed by atoms with van der Waals surface area (Å²) in [5, 5.41) is 2.85. The van der Waals surface area contributed by atoms with E-state index in [2.05, 4.69) is 32.1 Å². The van der Waals surface area contributed by atoms with Gasteiger partial charge in [-0.25, -0.2) is 9.78 Å². The van der Waals surface area contributed by atoms with Crippen LogP contribution in [0, 0.1) is 24.2 Å². The Labute approximate surface area is 183 Å². The maximum Gasteiger partial charge on any atom is 0.348 e. The normalized spacial score (nSPS) is 11.0. The lowest BCUT2D eigenvalue weighted by Gasteiger charge is -2.16. The second-order valence-electron chi connectivity index (χ2n) is 7.81. The third-order valence-electron chi connectivity index (χ3n) is 4.19. The van der Waals surface area contributed by atoms with Crippen LogP contribution in [0.2, 0.25) is 0 Å². The molecule has 3 rings (SSSR count). The van der Waals surface area contributed by atoms with E-state index in [1.807, 2.05) is 6.92 Å². The second-order valence-corrected chi connectivity index (χ2v) is 8.86. The quantitative estimate of drug-likeness (QED) is 0.479. The Hall–Kier alpha value is -3.51. The number of aromatic nitrogens is 3. The topological polar surface area (TPSA) is 114 Å². The number of ether oxygens (including phenoxy) is 1. The molecule has 3 aromatic rings. The summed E-state index contributed by atoms with van der Waals surface area (Å²) < 4.78 is 5.01. The fraction of sp³-hybridized carbons (Fsp3) is 0.318. The van der Waals surface area contributed by atoms with Crippen molar-refractivity contribution in [3.63, 3.8) is 0 Å². The lowest BCUT2D eigenvalue weighted by atomic mass is 9.96. The number of carbonyl (C=O) groups excluding carboxylic acids is 2. The van der Waals surface area contributed by atoms with Crippen molar-refractivity contribution in [3.05, 3.63) is 49.6 Å². The molecule has 9 heteroatoms. The van der Waals surface area contributed by atoms with Crippen LogP contribution in [-0.2, 0) is 9.53 Å². The Balaban J connectivity index is 1.89. The first-order valence-electron chi connectivity index (χ1n) is 9.59. The SMILES string of the molecule is CCOC(=O)c1cc(C)c(C#Cc2cnc3nc(NC(=O)C(C)(C)C)[nH]c(=O)c3c2)s1. The van der Waals surface area contributed by atoms with Crippen LogP contribution in [0.15, 0.2) is 23.1 Å². The van der Waals surface area contributed by atoms with Gasteiger partial charge in [-0.3, -0.25) is 19.9 Å². The van der Waals surface area contributed by atoms with Gasteiger partial charge in [-0.05, 0) is 31.5 Å². The predicted octanol–water partition coefficient (Wildman–Crippen LogP) is 3.25. The average molecular weight is 439 g/mol. The Morgan fingerprint density at radius 2 is 2.00 bits per heavy atom. The molecular formula is C22H22N4O4S. The molecule has 8 nitrogen and oxygen atoms in total. The molecule has 3 aromatic heterocycles. The van der Waals surface area contributed by atoms with Crippen molar-refractivity contribution in [1.82, 2.24) is 15.0 Å². The molecule has 31 heavy (non-hydrogen) atoms. The Kier molecular flexibility index (Phi) is 6.22. The minimum absolute atomic E-state index is 0.0458. The number of amides is 1. The third kappa shape index (κ3) is 5.16. The zero-order valence-corrected chi connectivity index (χ0v) is 18.7. The standard InChI is InChI=1S/C22H22N4O4S/c1-6-30-19(28)16-9-12(2)15(31-16)8-7-13-10-14-17(23-11-13)24-21(25-18(14)27)26-20(29)22(3,4)5/h9-11H,6H2,1-5H3,(H2,23,24,25,26,27,29). The first-order valence-corrected chi connectivity index (χ1v) is 10.4. The van der Waals surface area contributed by atoms with Crippen molar-refractivity contribution in [2.75, 3.05) is 11.9 Å². The zero-order chi connectivity index (χ0) is 22.8. The van der Waals surface area contributed by atoms with Crippen molar-refractivity contribution in [2.24, 2.45) is 5.41 Å². The van der Waals surface area contributed by atoms with Crippen LogP contribution in [0.25, 0.3) is 11.0 Å². The molecule has 0 saturated carbocycles. The van der Waals surface area contributed by atoms with Crippen molar-refractivity contribution in [2.45, 2.75) is 34.6 Å². The molecule has 160 valence electrons. The molecule has 0 radical (unpaired) electrons. The summed E-state index contributed by atoms with van der Waals surface area (Å²) in [5.41, 5.74) is 0.537. The van der Waals surface area contributed by atoms with E-state index >= 15 is 0 Å². The van der Waals surface area contributed by atoms with Crippen molar-refractivity contribution in [3.8, 4) is 11.8 Å². The van der Waals surface area contributed by atoms with Gasteiger partial charge in [-0.15, -0.1) is 11.3 Å². The highest BCUT2D eigenvalue weighted by Crippen LogP contribution is 2.22. The molecule has 3 heterocycles. The summed E-state index contributed by atoms with van der Waals surface area (Å²) in [4.78, 5) is 48.7. The minimum Gasteiger partial charge on any atom is -0.462 e. The number of carbonyl (C=O) groups is 2. The number of thiophene rings is 1. The molecule has 0 fully saturated rings. The second kappa shape index (κ2) is 8.70. The molecule has 0 atom stereocenters. The average Bonchev–Trinajstić information content (AvgIpc) is 3.07. The van der Waals surface area contributed by atoms with Gasteiger partial charge in [0.2, 0.25) is 11.9 Å². The molecule has 0 aliphatic heterocycles. The van der Waals surface area contributed by atoms with Gasteiger partial charge in [-0.2, -0.15) is 4.98 Å². The number of aryl methyl sites for hydroxylation is 1. The van der Waals surface area contributed by atoms with Crippen LogP contribution >= 0.6 is 11.3 Å². The lowest BCUT2D eigenvalue weighted by molar-refractivity contribution is -0.123. The van der Waals surface area contributed by atoms with E-state index < -0.39 is 11.0 Å². The number of fused-ring (bicyclic) bond motifs is 1. The number of nitrogens with one attached hydrogen (secondary N) is 2. The van der Waals surface area contributed by atoms with Gasteiger partial charge in [-0.1, -0.05) is 32.6 Å². The molecule has 0 bridgehead atoms. The number of rotatable bonds is 3. The molecular weight excluding hydrogens is 416 g/mol. The van der Waals surface area contributed by atoms with Gasteiger partial charge < -0.3 is 4.74 Å². The highest BCUT2D eigenvalue weighted by molar-refractivity contribution is 7.14. The highest BCUT2D eigenvalue weighted by atomic mass is 32.1. The van der Waals surface area contributed by atoms with Gasteiger partial charge in [0.25, 0.3) is 5.56 Å². The van der Waals surface area contributed by atoms with Crippen LogP contribution in [0.1, 0.15) is 53.4 Å². The number of anilines is 1. The molecule has 0 aromatic carbocycles. The summed E-state index contributed by atoms with van der Waals surface area (Å²) in [6.07, 6.45) is 1.51. The number of hydrogen-bond acceptors (Lipinski definition) is 7. The largest absolute Gasteiger partial charge is 0.462 e. The number of aromatic amines is 1. The molecule has 0 aliphatic carbocycles. The molecule has 1 amide bonds. The number of hydrogen-bond donors (Lipinski definition) is 2. The van der Waals surface area contributed by atoms with Gasteiger partial charge in [0.05, 0.1) is 16.9 Å². The van der Waals surface area contributed by atoms with E-state index in [1.54, 1.807) is 39.8 Å². The maximum atomic E-state index is 12.5.